The minimum absolute atomic E-state index is 0.376. The van der Waals surface area contributed by atoms with Gasteiger partial charge in [0, 0.05) is 32.6 Å². The minimum Gasteiger partial charge on any atom is -0.490 e. The van der Waals surface area contributed by atoms with Crippen molar-refractivity contribution in [2.75, 3.05) is 19.6 Å². The van der Waals surface area contributed by atoms with Gasteiger partial charge in [-0.3, -0.25) is 4.90 Å². The smallest absolute Gasteiger partial charge is 0.150 e. The fraction of sp³-hybridized carbons (Fsp3) is 0.652. The Labute approximate surface area is 173 Å². The fourth-order valence-corrected chi connectivity index (χ4v) is 5.05. The fourth-order valence-electron chi connectivity index (χ4n) is 5.05. The topological polar surface area (TPSA) is 55.2 Å². The molecule has 2 aliphatic heterocycles. The molecule has 1 saturated heterocycles. The van der Waals surface area contributed by atoms with Crippen LogP contribution in [-0.2, 0) is 19.5 Å². The summed E-state index contributed by atoms with van der Waals surface area (Å²) in [4.78, 5) is 2.54. The van der Waals surface area contributed by atoms with Gasteiger partial charge in [0.15, 0.2) is 0 Å². The summed E-state index contributed by atoms with van der Waals surface area (Å²) < 4.78 is 8.58. The molecule has 29 heavy (non-hydrogen) atoms. The number of fused-ring (bicyclic) bond motifs is 1. The predicted molar refractivity (Wildman–Crippen MR) is 113 cm³/mol. The molecule has 2 fully saturated rings. The van der Waals surface area contributed by atoms with Gasteiger partial charge in [-0.25, -0.2) is 0 Å². The highest BCUT2D eigenvalue weighted by Gasteiger charge is 2.25. The Kier molecular flexibility index (Phi) is 5.81. The van der Waals surface area contributed by atoms with Gasteiger partial charge in [0.2, 0.25) is 0 Å². The Bertz CT molecular complexity index is 807. The molecule has 5 rings (SSSR count). The standard InChI is InChI=1S/C23H33N5O/c1-2-8-19(7-1)29-20-9-5-6-18(16-20)17-27-13-11-22-25-26-23(28(22)15-14-27)21-10-3-4-12-24-21/h5-6,9,16,19,21,24H,1-4,7-8,10-15,17H2/t21-/m1/s1. The molecule has 0 unspecified atom stereocenters. The van der Waals surface area contributed by atoms with E-state index in [1.807, 2.05) is 0 Å². The largest absolute Gasteiger partial charge is 0.490 e. The van der Waals surface area contributed by atoms with Gasteiger partial charge >= 0.3 is 0 Å². The summed E-state index contributed by atoms with van der Waals surface area (Å²) in [6.07, 6.45) is 10.1. The van der Waals surface area contributed by atoms with E-state index in [0.717, 1.165) is 56.5 Å². The second kappa shape index (κ2) is 8.84. The summed E-state index contributed by atoms with van der Waals surface area (Å²) in [5.41, 5.74) is 1.34. The molecule has 1 aliphatic carbocycles. The Hall–Kier alpha value is -1.92. The van der Waals surface area contributed by atoms with Gasteiger partial charge in [-0.1, -0.05) is 18.6 Å². The maximum absolute atomic E-state index is 6.20. The molecule has 3 aliphatic rings. The maximum Gasteiger partial charge on any atom is 0.150 e. The number of hydrogen-bond acceptors (Lipinski definition) is 5. The molecule has 2 aromatic rings. The molecule has 0 radical (unpaired) electrons. The summed E-state index contributed by atoms with van der Waals surface area (Å²) >= 11 is 0. The van der Waals surface area contributed by atoms with Crippen molar-refractivity contribution in [3.63, 3.8) is 0 Å². The van der Waals surface area contributed by atoms with Crippen LogP contribution < -0.4 is 10.1 Å². The van der Waals surface area contributed by atoms with Crippen LogP contribution in [0.4, 0.5) is 0 Å². The average molecular weight is 396 g/mol. The normalized spacial score (nSPS) is 23.7. The second-order valence-electron chi connectivity index (χ2n) is 8.83. The molecule has 3 heterocycles. The number of nitrogens with zero attached hydrogens (tertiary/aromatic N) is 4. The van der Waals surface area contributed by atoms with Crippen molar-refractivity contribution in [2.24, 2.45) is 0 Å². The number of benzene rings is 1. The number of hydrogen-bond donors (Lipinski definition) is 1. The van der Waals surface area contributed by atoms with Gasteiger partial charge in [0.1, 0.15) is 17.4 Å². The zero-order valence-electron chi connectivity index (χ0n) is 17.4. The molecule has 0 amide bonds. The van der Waals surface area contributed by atoms with E-state index in [-0.39, 0.29) is 0 Å². The van der Waals surface area contributed by atoms with Gasteiger partial charge in [0.25, 0.3) is 0 Å². The third-order valence-corrected chi connectivity index (χ3v) is 6.68. The molecule has 0 spiro atoms. The van der Waals surface area contributed by atoms with E-state index in [9.17, 15) is 0 Å². The van der Waals surface area contributed by atoms with Crippen molar-refractivity contribution in [3.05, 3.63) is 41.5 Å². The molecule has 1 saturated carbocycles. The molecular formula is C23H33N5O. The van der Waals surface area contributed by atoms with E-state index >= 15 is 0 Å². The van der Waals surface area contributed by atoms with Crippen LogP contribution in [0.1, 0.15) is 68.2 Å². The monoisotopic (exact) mass is 395 g/mol. The van der Waals surface area contributed by atoms with E-state index in [1.165, 1.54) is 50.5 Å². The first kappa shape index (κ1) is 19.1. The molecule has 1 aromatic heterocycles. The molecule has 1 N–H and O–H groups in total. The zero-order chi connectivity index (χ0) is 19.5. The Morgan fingerprint density at radius 2 is 1.90 bits per heavy atom. The van der Waals surface area contributed by atoms with Gasteiger partial charge in [-0.15, -0.1) is 10.2 Å². The Balaban J connectivity index is 1.22. The molecule has 0 bridgehead atoms. The third-order valence-electron chi connectivity index (χ3n) is 6.68. The summed E-state index contributed by atoms with van der Waals surface area (Å²) in [5.74, 6) is 3.33. The highest BCUT2D eigenvalue weighted by atomic mass is 16.5. The minimum atomic E-state index is 0.376. The van der Waals surface area contributed by atoms with E-state index in [2.05, 4.69) is 49.2 Å². The van der Waals surface area contributed by atoms with E-state index in [1.54, 1.807) is 0 Å². The first-order chi connectivity index (χ1) is 14.3. The summed E-state index contributed by atoms with van der Waals surface area (Å²) in [5, 5.41) is 12.7. The number of piperidine rings is 1. The zero-order valence-corrected chi connectivity index (χ0v) is 17.4. The number of rotatable bonds is 5. The van der Waals surface area contributed by atoms with Gasteiger partial charge in [-0.05, 0) is 62.8 Å². The van der Waals surface area contributed by atoms with Crippen molar-refractivity contribution in [3.8, 4) is 5.75 Å². The quantitative estimate of drug-likeness (QED) is 0.840. The third kappa shape index (κ3) is 4.48. The molecule has 156 valence electrons. The molecule has 6 nitrogen and oxygen atoms in total. The van der Waals surface area contributed by atoms with Crippen LogP contribution in [0.2, 0.25) is 0 Å². The van der Waals surface area contributed by atoms with Crippen LogP contribution in [-0.4, -0.2) is 45.4 Å². The number of nitrogens with one attached hydrogen (secondary N) is 1. The molecular weight excluding hydrogens is 362 g/mol. The molecule has 1 aromatic carbocycles. The van der Waals surface area contributed by atoms with Gasteiger partial charge < -0.3 is 14.6 Å². The van der Waals surface area contributed by atoms with Crippen LogP contribution in [0.15, 0.2) is 24.3 Å². The Morgan fingerprint density at radius 1 is 1.00 bits per heavy atom. The predicted octanol–water partition coefficient (Wildman–Crippen LogP) is 3.47. The lowest BCUT2D eigenvalue weighted by atomic mass is 10.0. The highest BCUT2D eigenvalue weighted by molar-refractivity contribution is 5.28. The average Bonchev–Trinajstić information content (AvgIpc) is 3.36. The first-order valence-corrected chi connectivity index (χ1v) is 11.5. The van der Waals surface area contributed by atoms with Crippen molar-refractivity contribution in [1.29, 1.82) is 0 Å². The van der Waals surface area contributed by atoms with Crippen LogP contribution in [0.5, 0.6) is 5.75 Å². The molecule has 1 atom stereocenters. The van der Waals surface area contributed by atoms with E-state index in [0.29, 0.717) is 12.1 Å². The summed E-state index contributed by atoms with van der Waals surface area (Å²) in [7, 11) is 0. The number of aromatic nitrogens is 3. The first-order valence-electron chi connectivity index (χ1n) is 11.5. The number of ether oxygens (including phenoxy) is 1. The van der Waals surface area contributed by atoms with Crippen LogP contribution >= 0.6 is 0 Å². The lowest BCUT2D eigenvalue weighted by Gasteiger charge is -2.24. The maximum atomic E-state index is 6.20. The lowest BCUT2D eigenvalue weighted by molar-refractivity contribution is 0.209. The van der Waals surface area contributed by atoms with Crippen molar-refractivity contribution in [1.82, 2.24) is 25.0 Å². The van der Waals surface area contributed by atoms with Crippen LogP contribution in [0, 0.1) is 0 Å². The SMILES string of the molecule is c1cc(CN2CCc3nnc([C@H]4CCCCN4)n3CC2)cc(OC2CCCC2)c1. The van der Waals surface area contributed by atoms with Crippen molar-refractivity contribution >= 4 is 0 Å². The summed E-state index contributed by atoms with van der Waals surface area (Å²) in [6.45, 7) is 5.12. The van der Waals surface area contributed by atoms with Crippen LogP contribution in [0.3, 0.4) is 0 Å². The van der Waals surface area contributed by atoms with E-state index in [4.69, 9.17) is 4.74 Å². The van der Waals surface area contributed by atoms with Gasteiger partial charge in [-0.2, -0.15) is 0 Å². The van der Waals surface area contributed by atoms with Crippen molar-refractivity contribution < 1.29 is 4.74 Å². The highest BCUT2D eigenvalue weighted by Crippen LogP contribution is 2.26. The lowest BCUT2D eigenvalue weighted by Crippen LogP contribution is -2.30. The summed E-state index contributed by atoms with van der Waals surface area (Å²) in [6, 6.07) is 9.08. The Morgan fingerprint density at radius 3 is 2.76 bits per heavy atom. The van der Waals surface area contributed by atoms with Crippen molar-refractivity contribution in [2.45, 2.75) is 76.6 Å². The molecule has 6 heteroatoms. The van der Waals surface area contributed by atoms with E-state index < -0.39 is 0 Å². The van der Waals surface area contributed by atoms with Gasteiger partial charge in [0.05, 0.1) is 12.1 Å². The second-order valence-corrected chi connectivity index (χ2v) is 8.83. The van der Waals surface area contributed by atoms with Crippen LogP contribution in [0.25, 0.3) is 0 Å².